The Morgan fingerprint density at radius 2 is 1.76 bits per heavy atom. The number of benzene rings is 1. The zero-order valence-electron chi connectivity index (χ0n) is 24.1. The minimum Gasteiger partial charge on any atom is -0.479 e. The van der Waals surface area contributed by atoms with Gasteiger partial charge in [0.15, 0.2) is 0 Å². The summed E-state index contributed by atoms with van der Waals surface area (Å²) >= 11 is 6.11. The fourth-order valence-corrected chi connectivity index (χ4v) is 5.25. The second-order valence-electron chi connectivity index (χ2n) is 11.2. The fraction of sp³-hybridized carbons (Fsp3) is 0.367. The number of anilines is 4. The molecule has 0 saturated carbocycles. The number of rotatable bonds is 5. The van der Waals surface area contributed by atoms with Gasteiger partial charge in [-0.25, -0.2) is 9.78 Å². The van der Waals surface area contributed by atoms with E-state index in [-0.39, 0.29) is 6.09 Å². The number of nitrogens with zero attached hydrogens (tertiary/aromatic N) is 7. The van der Waals surface area contributed by atoms with Crippen LogP contribution in [-0.2, 0) is 4.74 Å². The van der Waals surface area contributed by atoms with E-state index in [2.05, 4.69) is 26.2 Å². The van der Waals surface area contributed by atoms with Crippen LogP contribution in [0.25, 0.3) is 11.6 Å². The largest absolute Gasteiger partial charge is 0.479 e. The topological polar surface area (TPSA) is 108 Å². The number of nitrogens with one attached hydrogen (secondary N) is 1. The van der Waals surface area contributed by atoms with E-state index in [4.69, 9.17) is 36.0 Å². The summed E-state index contributed by atoms with van der Waals surface area (Å²) < 4.78 is 11.1. The van der Waals surface area contributed by atoms with Crippen molar-refractivity contribution in [2.24, 2.45) is 4.99 Å². The molecule has 5 heterocycles. The molecule has 0 bridgehead atoms. The summed E-state index contributed by atoms with van der Waals surface area (Å²) in [5.74, 6) is 3.32. The summed E-state index contributed by atoms with van der Waals surface area (Å²) in [5.41, 5.74) is 3.11. The van der Waals surface area contributed by atoms with Gasteiger partial charge in [0.25, 0.3) is 0 Å². The molecule has 12 heteroatoms. The molecule has 1 fully saturated rings. The molecule has 218 valence electrons. The van der Waals surface area contributed by atoms with Crippen molar-refractivity contribution in [3.05, 3.63) is 58.7 Å². The van der Waals surface area contributed by atoms with Crippen LogP contribution in [0, 0.1) is 0 Å². The fourth-order valence-electron chi connectivity index (χ4n) is 5.13. The van der Waals surface area contributed by atoms with Crippen molar-refractivity contribution in [3.63, 3.8) is 0 Å². The Morgan fingerprint density at radius 3 is 2.48 bits per heavy atom. The van der Waals surface area contributed by atoms with Gasteiger partial charge >= 0.3 is 6.09 Å². The minimum absolute atomic E-state index is 0.290. The number of aliphatic imine (C=N–C) groups is 1. The first-order valence-electron chi connectivity index (χ1n) is 13.9. The van der Waals surface area contributed by atoms with E-state index in [1.807, 2.05) is 63.4 Å². The number of piperazine rings is 1. The van der Waals surface area contributed by atoms with Gasteiger partial charge in [-0.3, -0.25) is 4.99 Å². The predicted octanol–water partition coefficient (Wildman–Crippen LogP) is 5.11. The molecule has 3 aliphatic rings. The lowest BCUT2D eigenvalue weighted by Gasteiger charge is -2.36. The molecule has 1 N–H and O–H groups in total. The quantitative estimate of drug-likeness (QED) is 0.435. The number of halogens is 1. The van der Waals surface area contributed by atoms with Gasteiger partial charge in [-0.1, -0.05) is 23.7 Å². The first-order chi connectivity index (χ1) is 20.2. The standard InChI is InChI=1S/C30H33ClN8O3/c1-30(2,3)42-29(40)38-15-13-37(14-16-38)24-10-9-23(27(35-24)41-4)34-28-33-18-20-17-22(19-5-7-21(31)8-6-19)26-32-11-12-39(26)25(20)36-28/h5-10,17-18H,11-16H2,1-4H3,(H,33,34,36). The highest BCUT2D eigenvalue weighted by Gasteiger charge is 2.31. The van der Waals surface area contributed by atoms with Crippen molar-refractivity contribution in [1.82, 2.24) is 19.9 Å². The van der Waals surface area contributed by atoms with E-state index in [0.717, 1.165) is 40.7 Å². The van der Waals surface area contributed by atoms with E-state index >= 15 is 0 Å². The Hall–Kier alpha value is -4.38. The summed E-state index contributed by atoms with van der Waals surface area (Å²) in [5, 5.41) is 3.97. The second-order valence-corrected chi connectivity index (χ2v) is 11.6. The minimum atomic E-state index is -0.519. The van der Waals surface area contributed by atoms with Crippen molar-refractivity contribution in [2.45, 2.75) is 26.4 Å². The highest BCUT2D eigenvalue weighted by atomic mass is 35.5. The second kappa shape index (κ2) is 11.1. The van der Waals surface area contributed by atoms with Crippen molar-refractivity contribution in [3.8, 4) is 5.88 Å². The molecule has 3 aromatic rings. The molecule has 42 heavy (non-hydrogen) atoms. The van der Waals surface area contributed by atoms with E-state index < -0.39 is 5.60 Å². The van der Waals surface area contributed by atoms with E-state index in [1.54, 1.807) is 12.0 Å². The van der Waals surface area contributed by atoms with Gasteiger partial charge in [0.1, 0.15) is 28.8 Å². The van der Waals surface area contributed by atoms with Gasteiger partial charge in [0.05, 0.1) is 13.7 Å². The number of aromatic nitrogens is 3. The van der Waals surface area contributed by atoms with Crippen LogP contribution in [0.4, 0.5) is 28.1 Å². The number of methoxy groups -OCH3 is 1. The van der Waals surface area contributed by atoms with Crippen molar-refractivity contribution >= 4 is 58.5 Å². The number of carbonyl (C=O) groups is 1. The Balaban J connectivity index is 1.18. The molecule has 0 radical (unpaired) electrons. The maximum absolute atomic E-state index is 12.4. The summed E-state index contributed by atoms with van der Waals surface area (Å²) in [7, 11) is 1.58. The maximum Gasteiger partial charge on any atom is 0.410 e. The smallest absolute Gasteiger partial charge is 0.410 e. The molecule has 1 aromatic carbocycles. The molecule has 11 nitrogen and oxygen atoms in total. The Labute approximate surface area is 249 Å². The molecular formula is C30H33ClN8O3. The van der Waals surface area contributed by atoms with Crippen LogP contribution in [-0.4, -0.2) is 83.8 Å². The lowest BCUT2D eigenvalue weighted by molar-refractivity contribution is 0.0240. The van der Waals surface area contributed by atoms with Crippen LogP contribution in [0.5, 0.6) is 5.88 Å². The number of carbonyl (C=O) groups excluding carboxylic acids is 1. The van der Waals surface area contributed by atoms with Gasteiger partial charge in [-0.2, -0.15) is 9.97 Å². The average Bonchev–Trinajstić information content (AvgIpc) is 3.47. The third-order valence-electron chi connectivity index (χ3n) is 7.13. The molecular weight excluding hydrogens is 556 g/mol. The zero-order chi connectivity index (χ0) is 29.4. The van der Waals surface area contributed by atoms with Crippen molar-refractivity contribution in [2.75, 3.05) is 61.5 Å². The van der Waals surface area contributed by atoms with Crippen LogP contribution in [0.2, 0.25) is 5.02 Å². The van der Waals surface area contributed by atoms with Gasteiger partial charge in [-0.15, -0.1) is 0 Å². The third kappa shape index (κ3) is 5.69. The molecule has 1 amide bonds. The first kappa shape index (κ1) is 27.8. The highest BCUT2D eigenvalue weighted by molar-refractivity contribution is 6.36. The lowest BCUT2D eigenvalue weighted by Crippen LogP contribution is -2.50. The maximum atomic E-state index is 12.4. The van der Waals surface area contributed by atoms with Crippen molar-refractivity contribution < 1.29 is 14.3 Å². The highest BCUT2D eigenvalue weighted by Crippen LogP contribution is 2.36. The molecule has 2 aromatic heterocycles. The normalized spacial score (nSPS) is 16.4. The molecule has 6 rings (SSSR count). The van der Waals surface area contributed by atoms with Crippen LogP contribution < -0.4 is 19.9 Å². The van der Waals surface area contributed by atoms with E-state index in [9.17, 15) is 4.79 Å². The van der Waals surface area contributed by atoms with Crippen LogP contribution in [0.15, 0.2) is 47.6 Å². The average molecular weight is 589 g/mol. The summed E-state index contributed by atoms with van der Waals surface area (Å²) in [6.45, 7) is 9.43. The van der Waals surface area contributed by atoms with Gasteiger partial charge in [-0.05, 0) is 56.7 Å². The summed E-state index contributed by atoms with van der Waals surface area (Å²) in [6.07, 6.45) is 3.60. The van der Waals surface area contributed by atoms with Crippen molar-refractivity contribution in [1.29, 1.82) is 0 Å². The number of hydrogen-bond acceptors (Lipinski definition) is 10. The number of ether oxygens (including phenoxy) is 2. The molecule has 0 aliphatic carbocycles. The zero-order valence-corrected chi connectivity index (χ0v) is 24.9. The molecule has 1 saturated heterocycles. The van der Waals surface area contributed by atoms with E-state index in [0.29, 0.717) is 55.3 Å². The van der Waals surface area contributed by atoms with Gasteiger partial charge in [0.2, 0.25) is 11.8 Å². The third-order valence-corrected chi connectivity index (χ3v) is 7.38. The molecule has 0 unspecified atom stereocenters. The number of hydrogen-bond donors (Lipinski definition) is 1. The monoisotopic (exact) mass is 588 g/mol. The number of amidine groups is 1. The Morgan fingerprint density at radius 1 is 1.00 bits per heavy atom. The molecule has 3 aliphatic heterocycles. The Kier molecular flexibility index (Phi) is 7.36. The molecule has 0 atom stereocenters. The number of amides is 1. The lowest BCUT2D eigenvalue weighted by atomic mass is 9.99. The number of fused-ring (bicyclic) bond motifs is 3. The summed E-state index contributed by atoms with van der Waals surface area (Å²) in [4.78, 5) is 37.3. The number of pyridine rings is 1. The SMILES string of the molecule is COc1nc(N2CCN(C(=O)OC(C)(C)C)CC2)ccc1Nc1ncc2c(n1)N1CCN=C1C(c1ccc(Cl)cc1)=C2. The first-order valence-corrected chi connectivity index (χ1v) is 14.3. The van der Waals surface area contributed by atoms with E-state index in [1.165, 1.54) is 0 Å². The summed E-state index contributed by atoms with van der Waals surface area (Å²) in [6, 6.07) is 11.6. The van der Waals surface area contributed by atoms with Crippen LogP contribution >= 0.6 is 11.6 Å². The predicted molar refractivity (Wildman–Crippen MR) is 165 cm³/mol. The Bertz CT molecular complexity index is 1560. The molecule has 0 spiro atoms. The van der Waals surface area contributed by atoms with Crippen LogP contribution in [0.3, 0.4) is 0 Å². The van der Waals surface area contributed by atoms with Gasteiger partial charge in [0, 0.05) is 55.1 Å². The van der Waals surface area contributed by atoms with Gasteiger partial charge < -0.3 is 29.5 Å². The van der Waals surface area contributed by atoms with Crippen LogP contribution in [0.1, 0.15) is 31.9 Å².